The summed E-state index contributed by atoms with van der Waals surface area (Å²) in [7, 11) is -3.99. The molecule has 0 aliphatic rings. The third-order valence-corrected chi connectivity index (χ3v) is 8.32. The van der Waals surface area contributed by atoms with Crippen LogP contribution in [0.1, 0.15) is 28.1 Å². The Balaban J connectivity index is 1.57. The van der Waals surface area contributed by atoms with Crippen molar-refractivity contribution in [2.75, 3.05) is 10.8 Å². The lowest BCUT2D eigenvalue weighted by Crippen LogP contribution is -2.39. The average molecular weight is 594 g/mol. The smallest absolute Gasteiger partial charge is 0.264 e. The first-order valence-corrected chi connectivity index (χ1v) is 14.2. The summed E-state index contributed by atoms with van der Waals surface area (Å²) in [5.41, 5.74) is 8.53. The van der Waals surface area contributed by atoms with Gasteiger partial charge in [0.15, 0.2) is 0 Å². The number of carbonyl (C=O) groups excluding carboxylic acids is 1. The Labute approximate surface area is 232 Å². The molecule has 9 heteroatoms. The first kappa shape index (κ1) is 27.3. The second-order valence-corrected chi connectivity index (χ2v) is 11.9. The molecule has 0 unspecified atom stereocenters. The number of anilines is 1. The zero-order valence-electron chi connectivity index (χ0n) is 21.6. The molecule has 0 atom stereocenters. The van der Waals surface area contributed by atoms with E-state index in [1.54, 1.807) is 36.5 Å². The summed E-state index contributed by atoms with van der Waals surface area (Å²) in [5.74, 6) is -0.555. The predicted molar refractivity (Wildman–Crippen MR) is 156 cm³/mol. The van der Waals surface area contributed by atoms with Crippen molar-refractivity contribution in [2.24, 2.45) is 5.10 Å². The Kier molecular flexibility index (Phi) is 8.18. The number of aromatic nitrogens is 1. The van der Waals surface area contributed by atoms with Crippen molar-refractivity contribution in [3.63, 3.8) is 0 Å². The van der Waals surface area contributed by atoms with Crippen molar-refractivity contribution in [1.29, 1.82) is 0 Å². The molecule has 0 saturated heterocycles. The van der Waals surface area contributed by atoms with Crippen molar-refractivity contribution < 1.29 is 13.2 Å². The Morgan fingerprint density at radius 3 is 2.29 bits per heavy atom. The molecule has 1 heterocycles. The van der Waals surface area contributed by atoms with Gasteiger partial charge in [-0.25, -0.2) is 13.8 Å². The molecule has 0 radical (unpaired) electrons. The molecule has 0 spiro atoms. The Morgan fingerprint density at radius 2 is 1.63 bits per heavy atom. The number of hydrogen-bond acceptors (Lipinski definition) is 4. The number of rotatable bonds is 8. The number of aryl methyl sites for hydroxylation is 3. The minimum atomic E-state index is -3.99. The number of carbonyl (C=O) groups is 1. The van der Waals surface area contributed by atoms with Gasteiger partial charge in [0.05, 0.1) is 16.8 Å². The quantitative estimate of drug-likeness (QED) is 0.207. The lowest BCUT2D eigenvalue weighted by molar-refractivity contribution is -0.119. The van der Waals surface area contributed by atoms with Crippen LogP contribution < -0.4 is 9.73 Å². The molecule has 0 bridgehead atoms. The van der Waals surface area contributed by atoms with Crippen molar-refractivity contribution in [3.8, 4) is 5.69 Å². The van der Waals surface area contributed by atoms with Gasteiger partial charge in [-0.15, -0.1) is 0 Å². The molecule has 196 valence electrons. The Hall–Kier alpha value is -3.69. The zero-order valence-corrected chi connectivity index (χ0v) is 24.0. The molecule has 4 aromatic rings. The molecule has 0 saturated carbocycles. The molecule has 1 N–H and O–H groups in total. The maximum Gasteiger partial charge on any atom is 0.264 e. The number of benzene rings is 3. The topological polar surface area (TPSA) is 83.8 Å². The van der Waals surface area contributed by atoms with Crippen LogP contribution in [0.15, 0.2) is 93.3 Å². The standard InChI is InChI=1S/C29H29BrN4O3S/c1-20-13-21(2)15-27(14-20)33(38(36,37)28-11-6-5-7-12-28)19-29(35)32-31-18-24-16-22(3)34(23(24)4)26-10-8-9-25(30)17-26/h5-18H,19H2,1-4H3,(H,32,35)/b31-18-. The third kappa shape index (κ3) is 6.06. The lowest BCUT2D eigenvalue weighted by Gasteiger charge is -2.24. The number of sulfonamides is 1. The van der Waals surface area contributed by atoms with E-state index in [1.165, 1.54) is 12.1 Å². The van der Waals surface area contributed by atoms with Crippen molar-refractivity contribution in [1.82, 2.24) is 9.99 Å². The van der Waals surface area contributed by atoms with Crippen LogP contribution in [0.4, 0.5) is 5.69 Å². The second kappa shape index (κ2) is 11.4. The van der Waals surface area contributed by atoms with Crippen LogP contribution in [0.5, 0.6) is 0 Å². The average Bonchev–Trinajstić information content (AvgIpc) is 3.15. The Morgan fingerprint density at radius 1 is 0.947 bits per heavy atom. The highest BCUT2D eigenvalue weighted by Gasteiger charge is 2.27. The van der Waals surface area contributed by atoms with Gasteiger partial charge in [-0.1, -0.05) is 46.3 Å². The van der Waals surface area contributed by atoms with Gasteiger partial charge in [-0.05, 0) is 87.4 Å². The minimum absolute atomic E-state index is 0.107. The van der Waals surface area contributed by atoms with Crippen LogP contribution in [-0.4, -0.2) is 31.7 Å². The molecular weight excluding hydrogens is 564 g/mol. The molecule has 38 heavy (non-hydrogen) atoms. The van der Waals surface area contributed by atoms with E-state index in [4.69, 9.17) is 0 Å². The van der Waals surface area contributed by atoms with E-state index in [0.717, 1.165) is 42.5 Å². The van der Waals surface area contributed by atoms with Gasteiger partial charge in [0.2, 0.25) is 0 Å². The number of nitrogens with one attached hydrogen (secondary N) is 1. The van der Waals surface area contributed by atoms with Crippen LogP contribution >= 0.6 is 15.9 Å². The summed E-state index contributed by atoms with van der Waals surface area (Å²) in [5, 5.41) is 4.14. The van der Waals surface area contributed by atoms with Crippen LogP contribution in [0.2, 0.25) is 0 Å². The van der Waals surface area contributed by atoms with E-state index in [9.17, 15) is 13.2 Å². The van der Waals surface area contributed by atoms with Crippen molar-refractivity contribution in [2.45, 2.75) is 32.6 Å². The fourth-order valence-corrected chi connectivity index (χ4v) is 6.21. The fraction of sp³-hybridized carbons (Fsp3) is 0.172. The number of hydrogen-bond donors (Lipinski definition) is 1. The van der Waals surface area contributed by atoms with Gasteiger partial charge in [0, 0.05) is 27.1 Å². The van der Waals surface area contributed by atoms with Crippen LogP contribution in [0.3, 0.4) is 0 Å². The van der Waals surface area contributed by atoms with Gasteiger partial charge in [-0.2, -0.15) is 5.10 Å². The predicted octanol–water partition coefficient (Wildman–Crippen LogP) is 5.82. The summed E-state index contributed by atoms with van der Waals surface area (Å²) >= 11 is 3.51. The highest BCUT2D eigenvalue weighted by Crippen LogP contribution is 2.26. The van der Waals surface area contributed by atoms with Crippen LogP contribution in [-0.2, 0) is 14.8 Å². The highest BCUT2D eigenvalue weighted by molar-refractivity contribution is 9.10. The van der Waals surface area contributed by atoms with E-state index >= 15 is 0 Å². The summed E-state index contributed by atoms with van der Waals surface area (Å²) < 4.78 is 31.3. The van der Waals surface area contributed by atoms with Gasteiger partial charge in [-0.3, -0.25) is 9.10 Å². The molecule has 0 fully saturated rings. The number of nitrogens with zero attached hydrogens (tertiary/aromatic N) is 3. The molecule has 1 aromatic heterocycles. The van der Waals surface area contributed by atoms with E-state index in [0.29, 0.717) is 5.69 Å². The summed E-state index contributed by atoms with van der Waals surface area (Å²) in [6.45, 7) is 7.33. The number of hydrazone groups is 1. The lowest BCUT2D eigenvalue weighted by atomic mass is 10.1. The minimum Gasteiger partial charge on any atom is -0.318 e. The number of amides is 1. The van der Waals surface area contributed by atoms with E-state index in [-0.39, 0.29) is 4.90 Å². The molecule has 0 aliphatic heterocycles. The van der Waals surface area contributed by atoms with Crippen molar-refractivity contribution in [3.05, 3.63) is 111 Å². The molecular formula is C29H29BrN4O3S. The van der Waals surface area contributed by atoms with Gasteiger partial charge in [0.25, 0.3) is 15.9 Å². The summed E-state index contributed by atoms with van der Waals surface area (Å²) in [4.78, 5) is 13.0. The largest absolute Gasteiger partial charge is 0.318 e. The Bertz CT molecular complexity index is 1590. The molecule has 0 aliphatic carbocycles. The number of halogens is 1. The van der Waals surface area contributed by atoms with Crippen molar-refractivity contribution >= 4 is 43.8 Å². The maximum absolute atomic E-state index is 13.5. The molecule has 7 nitrogen and oxygen atoms in total. The first-order chi connectivity index (χ1) is 18.1. The monoisotopic (exact) mass is 592 g/mol. The fourth-order valence-electron chi connectivity index (χ4n) is 4.40. The normalized spacial score (nSPS) is 11.6. The van der Waals surface area contributed by atoms with Crippen LogP contribution in [0.25, 0.3) is 5.69 Å². The third-order valence-electron chi connectivity index (χ3n) is 6.04. The van der Waals surface area contributed by atoms with Gasteiger partial charge >= 0.3 is 0 Å². The van der Waals surface area contributed by atoms with E-state index < -0.39 is 22.5 Å². The maximum atomic E-state index is 13.5. The van der Waals surface area contributed by atoms with E-state index in [2.05, 4.69) is 31.0 Å². The van der Waals surface area contributed by atoms with Gasteiger partial charge in [0.1, 0.15) is 6.54 Å². The SMILES string of the molecule is Cc1cc(C)cc(N(CC(=O)N/N=C\c2cc(C)n(-c3cccc(Br)c3)c2C)S(=O)(=O)c2ccccc2)c1. The summed E-state index contributed by atoms with van der Waals surface area (Å²) in [6, 6.07) is 23.5. The molecule has 3 aromatic carbocycles. The van der Waals surface area contributed by atoms with Gasteiger partial charge < -0.3 is 4.57 Å². The highest BCUT2D eigenvalue weighted by atomic mass is 79.9. The zero-order chi connectivity index (χ0) is 27.4. The second-order valence-electron chi connectivity index (χ2n) is 9.11. The van der Waals surface area contributed by atoms with E-state index in [1.807, 2.05) is 64.1 Å². The first-order valence-electron chi connectivity index (χ1n) is 12.0. The molecule has 4 rings (SSSR count). The van der Waals surface area contributed by atoms with Crippen LogP contribution in [0, 0.1) is 27.7 Å². The summed E-state index contributed by atoms with van der Waals surface area (Å²) in [6.07, 6.45) is 1.57. The molecule has 1 amide bonds.